The number of aliphatic hydroxyl groups excluding tert-OH is 1. The Morgan fingerprint density at radius 2 is 2.17 bits per heavy atom. The van der Waals surface area contributed by atoms with E-state index in [1.54, 1.807) is 13.8 Å². The highest BCUT2D eigenvalue weighted by atomic mass is 19.3. The van der Waals surface area contributed by atoms with Crippen LogP contribution in [-0.2, 0) is 10.7 Å². The van der Waals surface area contributed by atoms with Gasteiger partial charge in [-0.2, -0.15) is 8.78 Å². The summed E-state index contributed by atoms with van der Waals surface area (Å²) >= 11 is 0. The molecular formula is C12H16F2N2O2. The van der Waals surface area contributed by atoms with Crippen LogP contribution in [0.1, 0.15) is 19.5 Å². The van der Waals surface area contributed by atoms with Gasteiger partial charge in [0.25, 0.3) is 5.91 Å². The lowest BCUT2D eigenvalue weighted by Crippen LogP contribution is -2.46. The Kier molecular flexibility index (Phi) is 4.72. The number of aromatic nitrogens is 1. The number of aliphatic hydroxyl groups is 1. The van der Waals surface area contributed by atoms with Gasteiger partial charge >= 0.3 is 5.92 Å². The van der Waals surface area contributed by atoms with Crippen LogP contribution in [0.2, 0.25) is 0 Å². The number of hydrogen-bond donors (Lipinski definition) is 2. The normalized spacial score (nSPS) is 14.9. The van der Waals surface area contributed by atoms with E-state index in [2.05, 4.69) is 10.3 Å². The van der Waals surface area contributed by atoms with Crippen molar-refractivity contribution in [3.05, 3.63) is 30.1 Å². The Morgan fingerprint density at radius 1 is 1.50 bits per heavy atom. The first-order chi connectivity index (χ1) is 8.39. The zero-order chi connectivity index (χ0) is 13.8. The van der Waals surface area contributed by atoms with Crippen molar-refractivity contribution in [3.8, 4) is 0 Å². The summed E-state index contributed by atoms with van der Waals surface area (Å²) < 4.78 is 27.5. The molecule has 0 bridgehead atoms. The van der Waals surface area contributed by atoms with Gasteiger partial charge in [-0.15, -0.1) is 0 Å². The number of hydrogen-bond acceptors (Lipinski definition) is 3. The van der Waals surface area contributed by atoms with Crippen LogP contribution >= 0.6 is 0 Å². The lowest BCUT2D eigenvalue weighted by atomic mass is 10.0. The molecule has 0 aromatic carbocycles. The molecule has 0 spiro atoms. The second kappa shape index (κ2) is 5.86. The Hall–Kier alpha value is -1.56. The lowest BCUT2D eigenvalue weighted by Gasteiger charge is -2.22. The third kappa shape index (κ3) is 3.22. The maximum absolute atomic E-state index is 13.7. The number of nitrogens with one attached hydrogen (secondary N) is 1. The van der Waals surface area contributed by atoms with Crippen LogP contribution in [0, 0.1) is 5.92 Å². The zero-order valence-electron chi connectivity index (χ0n) is 10.2. The van der Waals surface area contributed by atoms with Gasteiger partial charge in [-0.1, -0.05) is 13.0 Å². The number of carbonyl (C=O) groups excluding carboxylic acids is 1. The highest BCUT2D eigenvalue weighted by Crippen LogP contribution is 2.26. The quantitative estimate of drug-likeness (QED) is 0.837. The molecule has 2 unspecified atom stereocenters. The van der Waals surface area contributed by atoms with Crippen LogP contribution in [0.5, 0.6) is 0 Å². The van der Waals surface area contributed by atoms with E-state index in [1.807, 2.05) is 0 Å². The summed E-state index contributed by atoms with van der Waals surface area (Å²) in [7, 11) is 0. The first-order valence-electron chi connectivity index (χ1n) is 5.60. The monoisotopic (exact) mass is 258 g/mol. The molecule has 1 aromatic rings. The standard InChI is InChI=1S/C12H16F2N2O2/c1-8(7-17)9(2)16-11(18)12(13,14)10-5-3-4-6-15-10/h3-6,8-9,17H,7H2,1-2H3,(H,16,18). The molecule has 0 aliphatic carbocycles. The fourth-order valence-corrected chi connectivity index (χ4v) is 1.26. The molecule has 0 aliphatic heterocycles. The molecule has 2 N–H and O–H groups in total. The summed E-state index contributed by atoms with van der Waals surface area (Å²) in [6.45, 7) is 3.04. The van der Waals surface area contributed by atoms with E-state index in [9.17, 15) is 13.6 Å². The van der Waals surface area contributed by atoms with Crippen LogP contribution < -0.4 is 5.32 Å². The van der Waals surface area contributed by atoms with Crippen molar-refractivity contribution < 1.29 is 18.7 Å². The molecule has 0 aliphatic rings. The SMILES string of the molecule is CC(CO)C(C)NC(=O)C(F)(F)c1ccccn1. The number of carbonyl (C=O) groups is 1. The van der Waals surface area contributed by atoms with E-state index in [0.717, 1.165) is 6.07 Å². The molecule has 6 heteroatoms. The van der Waals surface area contributed by atoms with Crippen LogP contribution in [0.4, 0.5) is 8.78 Å². The minimum absolute atomic E-state index is 0.184. The number of amides is 1. The molecule has 1 rings (SSSR count). The maximum Gasteiger partial charge on any atom is 0.366 e. The second-order valence-electron chi connectivity index (χ2n) is 4.21. The zero-order valence-corrected chi connectivity index (χ0v) is 10.2. The Labute approximate surface area is 104 Å². The second-order valence-corrected chi connectivity index (χ2v) is 4.21. The Balaban J connectivity index is 2.77. The minimum Gasteiger partial charge on any atom is -0.396 e. The smallest absolute Gasteiger partial charge is 0.366 e. The van der Waals surface area contributed by atoms with Gasteiger partial charge in [-0.05, 0) is 25.0 Å². The van der Waals surface area contributed by atoms with E-state index >= 15 is 0 Å². The van der Waals surface area contributed by atoms with Crippen LogP contribution in [0.25, 0.3) is 0 Å². The average Bonchev–Trinajstić information content (AvgIpc) is 2.38. The molecule has 0 radical (unpaired) electrons. The summed E-state index contributed by atoms with van der Waals surface area (Å²) in [6.07, 6.45) is 1.20. The van der Waals surface area contributed by atoms with Crippen molar-refractivity contribution >= 4 is 5.91 Å². The molecular weight excluding hydrogens is 242 g/mol. The predicted molar refractivity (Wildman–Crippen MR) is 62.0 cm³/mol. The van der Waals surface area contributed by atoms with Crippen molar-refractivity contribution in [1.29, 1.82) is 0 Å². The first-order valence-corrected chi connectivity index (χ1v) is 5.60. The molecule has 4 nitrogen and oxygen atoms in total. The number of nitrogens with zero attached hydrogens (tertiary/aromatic N) is 1. The Morgan fingerprint density at radius 3 is 2.67 bits per heavy atom. The fourth-order valence-electron chi connectivity index (χ4n) is 1.26. The van der Waals surface area contributed by atoms with Gasteiger partial charge in [-0.3, -0.25) is 9.78 Å². The van der Waals surface area contributed by atoms with Gasteiger partial charge < -0.3 is 10.4 Å². The summed E-state index contributed by atoms with van der Waals surface area (Å²) in [4.78, 5) is 15.0. The van der Waals surface area contributed by atoms with Crippen molar-refractivity contribution in [2.24, 2.45) is 5.92 Å². The summed E-state index contributed by atoms with van der Waals surface area (Å²) in [5, 5.41) is 11.1. The van der Waals surface area contributed by atoms with Crippen LogP contribution in [0.3, 0.4) is 0 Å². The molecule has 0 saturated carbocycles. The predicted octanol–water partition coefficient (Wildman–Crippen LogP) is 1.31. The summed E-state index contributed by atoms with van der Waals surface area (Å²) in [5.41, 5.74) is -0.591. The van der Waals surface area contributed by atoms with Gasteiger partial charge in [0, 0.05) is 18.8 Å². The molecule has 0 fully saturated rings. The summed E-state index contributed by atoms with van der Waals surface area (Å²) in [6, 6.07) is 3.44. The van der Waals surface area contributed by atoms with E-state index in [-0.39, 0.29) is 12.5 Å². The van der Waals surface area contributed by atoms with Gasteiger partial charge in [0.2, 0.25) is 0 Å². The molecule has 100 valence electrons. The third-order valence-electron chi connectivity index (χ3n) is 2.77. The van der Waals surface area contributed by atoms with Gasteiger partial charge in [0.1, 0.15) is 5.69 Å². The number of alkyl halides is 2. The van der Waals surface area contributed by atoms with Crippen molar-refractivity contribution in [2.45, 2.75) is 25.8 Å². The van der Waals surface area contributed by atoms with E-state index < -0.39 is 23.6 Å². The van der Waals surface area contributed by atoms with Crippen LogP contribution in [-0.4, -0.2) is 28.6 Å². The number of pyridine rings is 1. The van der Waals surface area contributed by atoms with Crippen molar-refractivity contribution in [2.75, 3.05) is 6.61 Å². The van der Waals surface area contributed by atoms with E-state index in [1.165, 1.54) is 18.3 Å². The number of halogens is 2. The number of rotatable bonds is 5. The molecule has 1 aromatic heterocycles. The first kappa shape index (κ1) is 14.5. The topological polar surface area (TPSA) is 62.2 Å². The Bertz CT molecular complexity index is 398. The lowest BCUT2D eigenvalue weighted by molar-refractivity contribution is -0.148. The van der Waals surface area contributed by atoms with Crippen molar-refractivity contribution in [1.82, 2.24) is 10.3 Å². The van der Waals surface area contributed by atoms with Crippen LogP contribution in [0.15, 0.2) is 24.4 Å². The molecule has 1 heterocycles. The average molecular weight is 258 g/mol. The highest BCUT2D eigenvalue weighted by Gasteiger charge is 2.43. The molecule has 1 amide bonds. The molecule has 0 saturated heterocycles. The summed E-state index contributed by atoms with van der Waals surface area (Å²) in [5.74, 6) is -5.38. The highest BCUT2D eigenvalue weighted by molar-refractivity contribution is 5.84. The fraction of sp³-hybridized carbons (Fsp3) is 0.500. The maximum atomic E-state index is 13.7. The molecule has 18 heavy (non-hydrogen) atoms. The van der Waals surface area contributed by atoms with Gasteiger partial charge in [0.05, 0.1) is 0 Å². The third-order valence-corrected chi connectivity index (χ3v) is 2.77. The van der Waals surface area contributed by atoms with Gasteiger partial charge in [-0.25, -0.2) is 0 Å². The van der Waals surface area contributed by atoms with Gasteiger partial charge in [0.15, 0.2) is 0 Å². The molecule has 2 atom stereocenters. The largest absolute Gasteiger partial charge is 0.396 e. The minimum atomic E-state index is -3.68. The van der Waals surface area contributed by atoms with Crippen molar-refractivity contribution in [3.63, 3.8) is 0 Å². The van der Waals surface area contributed by atoms with E-state index in [0.29, 0.717) is 0 Å². The van der Waals surface area contributed by atoms with E-state index in [4.69, 9.17) is 5.11 Å².